The highest BCUT2D eigenvalue weighted by atomic mass is 16.5. The Bertz CT molecular complexity index is 163. The molecular formula is C11H23NO2. The summed E-state index contributed by atoms with van der Waals surface area (Å²) in [5, 5.41) is 0. The standard InChI is InChI=1S/C11H23NO2/c1-10-11(9-12,6-8-14-10)5-3-4-7-13-2/h10H,3-9,12H2,1-2H3. The number of hydrogen-bond acceptors (Lipinski definition) is 3. The highest BCUT2D eigenvalue weighted by Gasteiger charge is 2.39. The second kappa shape index (κ2) is 5.69. The van der Waals surface area contributed by atoms with E-state index in [2.05, 4.69) is 6.92 Å². The van der Waals surface area contributed by atoms with Gasteiger partial charge < -0.3 is 15.2 Å². The predicted molar refractivity (Wildman–Crippen MR) is 57.2 cm³/mol. The van der Waals surface area contributed by atoms with Gasteiger partial charge in [-0.15, -0.1) is 0 Å². The normalized spacial score (nSPS) is 32.4. The van der Waals surface area contributed by atoms with E-state index in [1.165, 1.54) is 12.8 Å². The van der Waals surface area contributed by atoms with Gasteiger partial charge in [-0.3, -0.25) is 0 Å². The monoisotopic (exact) mass is 201 g/mol. The van der Waals surface area contributed by atoms with E-state index in [0.717, 1.165) is 32.6 Å². The molecule has 0 radical (unpaired) electrons. The molecule has 14 heavy (non-hydrogen) atoms. The fourth-order valence-electron chi connectivity index (χ4n) is 2.24. The predicted octanol–water partition coefficient (Wildman–Crippen LogP) is 1.56. The van der Waals surface area contributed by atoms with Crippen molar-refractivity contribution in [1.82, 2.24) is 0 Å². The average Bonchev–Trinajstić information content (AvgIpc) is 2.56. The van der Waals surface area contributed by atoms with Gasteiger partial charge in [0.05, 0.1) is 6.10 Å². The Labute approximate surface area is 86.9 Å². The van der Waals surface area contributed by atoms with Crippen LogP contribution in [0.25, 0.3) is 0 Å². The van der Waals surface area contributed by atoms with Gasteiger partial charge in [0.25, 0.3) is 0 Å². The smallest absolute Gasteiger partial charge is 0.0616 e. The van der Waals surface area contributed by atoms with E-state index in [1.54, 1.807) is 7.11 Å². The minimum absolute atomic E-state index is 0.244. The van der Waals surface area contributed by atoms with Crippen molar-refractivity contribution in [2.75, 3.05) is 26.9 Å². The summed E-state index contributed by atoms with van der Waals surface area (Å²) in [4.78, 5) is 0. The van der Waals surface area contributed by atoms with E-state index in [-0.39, 0.29) is 5.41 Å². The summed E-state index contributed by atoms with van der Waals surface area (Å²) in [6, 6.07) is 0. The van der Waals surface area contributed by atoms with E-state index in [9.17, 15) is 0 Å². The van der Waals surface area contributed by atoms with Crippen LogP contribution in [-0.4, -0.2) is 33.0 Å². The van der Waals surface area contributed by atoms with Crippen molar-refractivity contribution in [2.45, 2.75) is 38.7 Å². The van der Waals surface area contributed by atoms with Crippen LogP contribution in [0.5, 0.6) is 0 Å². The molecule has 2 N–H and O–H groups in total. The van der Waals surface area contributed by atoms with Gasteiger partial charge in [-0.2, -0.15) is 0 Å². The van der Waals surface area contributed by atoms with Gasteiger partial charge >= 0.3 is 0 Å². The van der Waals surface area contributed by atoms with Gasteiger partial charge in [-0.05, 0) is 26.2 Å². The molecule has 2 unspecified atom stereocenters. The Kier molecular flexibility index (Phi) is 4.85. The minimum atomic E-state index is 0.244. The third-order valence-electron chi connectivity index (χ3n) is 3.51. The molecule has 0 aromatic carbocycles. The van der Waals surface area contributed by atoms with Gasteiger partial charge in [0.15, 0.2) is 0 Å². The Hall–Kier alpha value is -0.120. The number of rotatable bonds is 6. The Morgan fingerprint density at radius 1 is 1.50 bits per heavy atom. The van der Waals surface area contributed by atoms with Crippen molar-refractivity contribution in [3.8, 4) is 0 Å². The van der Waals surface area contributed by atoms with Crippen molar-refractivity contribution in [1.29, 1.82) is 0 Å². The van der Waals surface area contributed by atoms with Crippen LogP contribution in [-0.2, 0) is 9.47 Å². The zero-order valence-corrected chi connectivity index (χ0v) is 9.42. The lowest BCUT2D eigenvalue weighted by Gasteiger charge is -2.30. The molecule has 0 aromatic heterocycles. The molecule has 3 nitrogen and oxygen atoms in total. The number of unbranched alkanes of at least 4 members (excludes halogenated alkanes) is 1. The number of ether oxygens (including phenoxy) is 2. The van der Waals surface area contributed by atoms with Crippen LogP contribution in [0.2, 0.25) is 0 Å². The fourth-order valence-corrected chi connectivity index (χ4v) is 2.24. The Morgan fingerprint density at radius 2 is 2.29 bits per heavy atom. The van der Waals surface area contributed by atoms with Crippen LogP contribution in [0.3, 0.4) is 0 Å². The van der Waals surface area contributed by atoms with Crippen LogP contribution in [0.1, 0.15) is 32.6 Å². The first-order valence-corrected chi connectivity index (χ1v) is 5.56. The molecule has 0 aromatic rings. The lowest BCUT2D eigenvalue weighted by Crippen LogP contribution is -2.36. The van der Waals surface area contributed by atoms with E-state index in [0.29, 0.717) is 6.10 Å². The molecule has 0 amide bonds. The molecular weight excluding hydrogens is 178 g/mol. The van der Waals surface area contributed by atoms with Crippen LogP contribution >= 0.6 is 0 Å². The quantitative estimate of drug-likeness (QED) is 0.663. The maximum Gasteiger partial charge on any atom is 0.0616 e. The third-order valence-corrected chi connectivity index (χ3v) is 3.51. The summed E-state index contributed by atoms with van der Waals surface area (Å²) < 4.78 is 10.6. The van der Waals surface area contributed by atoms with Gasteiger partial charge in [0.2, 0.25) is 0 Å². The summed E-state index contributed by atoms with van der Waals surface area (Å²) in [5.41, 5.74) is 6.11. The van der Waals surface area contributed by atoms with Crippen molar-refractivity contribution in [3.05, 3.63) is 0 Å². The summed E-state index contributed by atoms with van der Waals surface area (Å²) in [6.07, 6.45) is 4.95. The topological polar surface area (TPSA) is 44.5 Å². The second-order valence-electron chi connectivity index (χ2n) is 4.28. The molecule has 1 aliphatic rings. The molecule has 2 atom stereocenters. The highest BCUT2D eigenvalue weighted by Crippen LogP contribution is 2.38. The molecule has 1 fully saturated rings. The molecule has 1 heterocycles. The molecule has 1 rings (SSSR count). The molecule has 1 saturated heterocycles. The maximum atomic E-state index is 5.86. The van der Waals surface area contributed by atoms with Gasteiger partial charge in [-0.25, -0.2) is 0 Å². The summed E-state index contributed by atoms with van der Waals surface area (Å²) in [6.45, 7) is 4.63. The highest BCUT2D eigenvalue weighted by molar-refractivity contribution is 4.90. The van der Waals surface area contributed by atoms with Crippen molar-refractivity contribution in [2.24, 2.45) is 11.1 Å². The SMILES string of the molecule is COCCCCC1(CN)CCOC1C. The van der Waals surface area contributed by atoms with Crippen LogP contribution in [0.15, 0.2) is 0 Å². The molecule has 0 aliphatic carbocycles. The first kappa shape index (κ1) is 12.0. The van der Waals surface area contributed by atoms with Crippen molar-refractivity contribution in [3.63, 3.8) is 0 Å². The van der Waals surface area contributed by atoms with E-state index >= 15 is 0 Å². The van der Waals surface area contributed by atoms with Crippen LogP contribution < -0.4 is 5.73 Å². The van der Waals surface area contributed by atoms with Crippen molar-refractivity contribution >= 4 is 0 Å². The lowest BCUT2D eigenvalue weighted by atomic mass is 9.77. The zero-order chi connectivity index (χ0) is 10.4. The molecule has 3 heteroatoms. The summed E-state index contributed by atoms with van der Waals surface area (Å²) >= 11 is 0. The number of hydrogen-bond donors (Lipinski definition) is 1. The summed E-state index contributed by atoms with van der Waals surface area (Å²) in [7, 11) is 1.75. The van der Waals surface area contributed by atoms with Crippen molar-refractivity contribution < 1.29 is 9.47 Å². The number of methoxy groups -OCH3 is 1. The zero-order valence-electron chi connectivity index (χ0n) is 9.42. The summed E-state index contributed by atoms with van der Waals surface area (Å²) in [5.74, 6) is 0. The molecule has 1 aliphatic heterocycles. The fraction of sp³-hybridized carbons (Fsp3) is 1.00. The van der Waals surface area contributed by atoms with E-state index in [1.807, 2.05) is 0 Å². The van der Waals surface area contributed by atoms with Gasteiger partial charge in [0.1, 0.15) is 0 Å². The van der Waals surface area contributed by atoms with Gasteiger partial charge in [-0.1, -0.05) is 6.42 Å². The Morgan fingerprint density at radius 3 is 2.79 bits per heavy atom. The Balaban J connectivity index is 2.30. The molecule has 84 valence electrons. The van der Waals surface area contributed by atoms with E-state index < -0.39 is 0 Å². The largest absolute Gasteiger partial charge is 0.385 e. The maximum absolute atomic E-state index is 5.86. The molecule has 0 bridgehead atoms. The number of nitrogens with two attached hydrogens (primary N) is 1. The van der Waals surface area contributed by atoms with Crippen LogP contribution in [0.4, 0.5) is 0 Å². The van der Waals surface area contributed by atoms with E-state index in [4.69, 9.17) is 15.2 Å². The lowest BCUT2D eigenvalue weighted by molar-refractivity contribution is 0.0603. The van der Waals surface area contributed by atoms with Crippen LogP contribution in [0, 0.1) is 5.41 Å². The van der Waals surface area contributed by atoms with Gasteiger partial charge in [0, 0.05) is 32.3 Å². The molecule has 0 spiro atoms. The first-order chi connectivity index (χ1) is 6.75. The third kappa shape index (κ3) is 2.69. The second-order valence-corrected chi connectivity index (χ2v) is 4.28. The first-order valence-electron chi connectivity index (χ1n) is 5.56. The molecule has 0 saturated carbocycles. The average molecular weight is 201 g/mol. The minimum Gasteiger partial charge on any atom is -0.385 e.